The summed E-state index contributed by atoms with van der Waals surface area (Å²) in [5, 5.41) is 11.9. The van der Waals surface area contributed by atoms with Crippen LogP contribution in [0, 0.1) is 17.0 Å². The minimum Gasteiger partial charge on any atom is -0.342 e. The minimum absolute atomic E-state index is 0.0302. The predicted octanol–water partition coefficient (Wildman–Crippen LogP) is 4.47. The van der Waals surface area contributed by atoms with Crippen LogP contribution in [-0.4, -0.2) is 44.1 Å². The van der Waals surface area contributed by atoms with Crippen LogP contribution < -0.4 is 0 Å². The van der Waals surface area contributed by atoms with Crippen LogP contribution in [0.25, 0.3) is 16.9 Å². The second kappa shape index (κ2) is 8.71. The number of carbonyl (C=O) groups is 1. The van der Waals surface area contributed by atoms with Gasteiger partial charge in [0.25, 0.3) is 5.69 Å². The Labute approximate surface area is 178 Å². The first-order chi connectivity index (χ1) is 14.5. The monoisotopic (exact) mass is 422 g/mol. The number of likely N-dealkylation sites (tertiary alicyclic amines) is 1. The summed E-state index contributed by atoms with van der Waals surface area (Å²) in [5.41, 5.74) is 3.51. The van der Waals surface area contributed by atoms with Crippen LogP contribution in [0.3, 0.4) is 0 Å². The van der Waals surface area contributed by atoms with Gasteiger partial charge < -0.3 is 4.90 Å². The number of benzene rings is 2. The van der Waals surface area contributed by atoms with Gasteiger partial charge in [-0.1, -0.05) is 41.6 Å². The highest BCUT2D eigenvalue weighted by Gasteiger charge is 2.21. The molecule has 0 aliphatic carbocycles. The Balaban J connectivity index is 1.70. The smallest absolute Gasteiger partial charge is 0.270 e. The zero-order valence-electron chi connectivity index (χ0n) is 16.7. The van der Waals surface area contributed by atoms with E-state index in [-0.39, 0.29) is 11.6 Å². The van der Waals surface area contributed by atoms with Crippen molar-refractivity contribution in [1.29, 1.82) is 0 Å². The van der Waals surface area contributed by atoms with Gasteiger partial charge in [0.2, 0.25) is 5.91 Å². The van der Waals surface area contributed by atoms with Crippen LogP contribution in [0.15, 0.2) is 59.9 Å². The number of nitro benzene ring substituents is 1. The molecular formula is C22H22N4O3S. The van der Waals surface area contributed by atoms with E-state index in [1.807, 2.05) is 46.7 Å². The molecule has 30 heavy (non-hydrogen) atoms. The van der Waals surface area contributed by atoms with Crippen molar-refractivity contribution in [2.45, 2.75) is 24.9 Å². The maximum Gasteiger partial charge on any atom is 0.270 e. The topological polar surface area (TPSA) is 81.3 Å². The SMILES string of the molecule is Cc1ccc(-n2c(-c3cccc([N+](=O)[O-])c3)cnc2SCC(=O)N2CCCC2)cc1. The van der Waals surface area contributed by atoms with Crippen molar-refractivity contribution in [1.82, 2.24) is 14.5 Å². The van der Waals surface area contributed by atoms with Gasteiger partial charge in [-0.15, -0.1) is 0 Å². The van der Waals surface area contributed by atoms with Crippen LogP contribution >= 0.6 is 11.8 Å². The van der Waals surface area contributed by atoms with E-state index < -0.39 is 4.92 Å². The molecule has 0 spiro atoms. The van der Waals surface area contributed by atoms with Crippen LogP contribution in [0.1, 0.15) is 18.4 Å². The van der Waals surface area contributed by atoms with Crippen molar-refractivity contribution in [2.24, 2.45) is 0 Å². The molecule has 1 fully saturated rings. The highest BCUT2D eigenvalue weighted by Crippen LogP contribution is 2.31. The molecule has 2 aromatic carbocycles. The third-order valence-electron chi connectivity index (χ3n) is 5.16. The average molecular weight is 423 g/mol. The first-order valence-corrected chi connectivity index (χ1v) is 10.8. The first kappa shape index (κ1) is 20.2. The number of imidazole rings is 1. The fraction of sp³-hybridized carbons (Fsp3) is 0.273. The molecule has 3 aromatic rings. The molecular weight excluding hydrogens is 400 g/mol. The van der Waals surface area contributed by atoms with Gasteiger partial charge in [-0.05, 0) is 31.9 Å². The zero-order valence-corrected chi connectivity index (χ0v) is 17.5. The van der Waals surface area contributed by atoms with Gasteiger partial charge in [-0.25, -0.2) is 4.98 Å². The van der Waals surface area contributed by atoms with Crippen molar-refractivity contribution < 1.29 is 9.72 Å². The maximum absolute atomic E-state index is 12.5. The molecule has 0 N–H and O–H groups in total. The summed E-state index contributed by atoms with van der Waals surface area (Å²) in [6, 6.07) is 14.5. The Bertz CT molecular complexity index is 1070. The van der Waals surface area contributed by atoms with Crippen molar-refractivity contribution >= 4 is 23.4 Å². The molecule has 1 aromatic heterocycles. The summed E-state index contributed by atoms with van der Waals surface area (Å²) in [6.07, 6.45) is 3.83. The second-order valence-electron chi connectivity index (χ2n) is 7.28. The molecule has 1 aliphatic heterocycles. The molecule has 7 nitrogen and oxygen atoms in total. The molecule has 0 saturated carbocycles. The summed E-state index contributed by atoms with van der Waals surface area (Å²) < 4.78 is 1.96. The number of aryl methyl sites for hydroxylation is 1. The maximum atomic E-state index is 12.5. The van der Waals surface area contributed by atoms with Crippen LogP contribution in [-0.2, 0) is 4.79 Å². The third kappa shape index (κ3) is 4.23. The fourth-order valence-electron chi connectivity index (χ4n) is 3.55. The standard InChI is InChI=1S/C22H22N4O3S/c1-16-7-9-18(10-8-16)25-20(17-5-4-6-19(13-17)26(28)29)14-23-22(25)30-15-21(27)24-11-2-3-12-24/h4-10,13-14H,2-3,11-12,15H2,1H3. The molecule has 1 amide bonds. The number of rotatable bonds is 6. The lowest BCUT2D eigenvalue weighted by Crippen LogP contribution is -2.29. The van der Waals surface area contributed by atoms with E-state index in [1.54, 1.807) is 18.3 Å². The number of nitro groups is 1. The molecule has 1 aliphatic rings. The third-order valence-corrected chi connectivity index (χ3v) is 6.10. The number of non-ortho nitro benzene ring substituents is 1. The Morgan fingerprint density at radius 2 is 1.90 bits per heavy atom. The molecule has 0 unspecified atom stereocenters. The number of hydrogen-bond donors (Lipinski definition) is 0. The van der Waals surface area contributed by atoms with Crippen molar-refractivity contribution in [2.75, 3.05) is 18.8 Å². The molecule has 0 atom stereocenters. The Morgan fingerprint density at radius 1 is 1.17 bits per heavy atom. The lowest BCUT2D eigenvalue weighted by atomic mass is 10.1. The number of thioether (sulfide) groups is 1. The molecule has 0 bridgehead atoms. The Kier molecular flexibility index (Phi) is 5.85. The number of aromatic nitrogens is 2. The Hall–Kier alpha value is -3.13. The number of amides is 1. The largest absolute Gasteiger partial charge is 0.342 e. The number of carbonyl (C=O) groups excluding carboxylic acids is 1. The van der Waals surface area contributed by atoms with Crippen molar-refractivity contribution in [3.63, 3.8) is 0 Å². The summed E-state index contributed by atoms with van der Waals surface area (Å²) in [6.45, 7) is 3.67. The average Bonchev–Trinajstić information content (AvgIpc) is 3.43. The van der Waals surface area contributed by atoms with E-state index in [9.17, 15) is 14.9 Å². The summed E-state index contributed by atoms with van der Waals surface area (Å²) >= 11 is 1.39. The summed E-state index contributed by atoms with van der Waals surface area (Å²) in [7, 11) is 0. The number of hydrogen-bond acceptors (Lipinski definition) is 5. The van der Waals surface area contributed by atoms with Gasteiger partial charge in [-0.3, -0.25) is 19.5 Å². The van der Waals surface area contributed by atoms with Gasteiger partial charge >= 0.3 is 0 Å². The fourth-order valence-corrected chi connectivity index (χ4v) is 4.44. The van der Waals surface area contributed by atoms with E-state index in [2.05, 4.69) is 4.98 Å². The lowest BCUT2D eigenvalue weighted by Gasteiger charge is -2.16. The molecule has 1 saturated heterocycles. The van der Waals surface area contributed by atoms with Gasteiger partial charge in [-0.2, -0.15) is 0 Å². The molecule has 0 radical (unpaired) electrons. The van der Waals surface area contributed by atoms with Gasteiger partial charge in [0.05, 0.1) is 22.6 Å². The molecule has 2 heterocycles. The number of nitrogens with zero attached hydrogens (tertiary/aromatic N) is 4. The molecule has 4 rings (SSSR count). The van der Waals surface area contributed by atoms with E-state index in [1.165, 1.54) is 17.8 Å². The normalized spacial score (nSPS) is 13.6. The van der Waals surface area contributed by atoms with E-state index in [4.69, 9.17) is 0 Å². The van der Waals surface area contributed by atoms with Gasteiger partial charge in [0.15, 0.2) is 5.16 Å². The highest BCUT2D eigenvalue weighted by molar-refractivity contribution is 7.99. The van der Waals surface area contributed by atoms with Crippen LogP contribution in [0.2, 0.25) is 0 Å². The zero-order chi connectivity index (χ0) is 21.1. The summed E-state index contributed by atoms with van der Waals surface area (Å²) in [4.78, 5) is 29.8. The van der Waals surface area contributed by atoms with Gasteiger partial charge in [0, 0.05) is 36.5 Å². The van der Waals surface area contributed by atoms with E-state index in [0.29, 0.717) is 16.5 Å². The Morgan fingerprint density at radius 3 is 2.60 bits per heavy atom. The van der Waals surface area contributed by atoms with Crippen molar-refractivity contribution in [3.8, 4) is 16.9 Å². The van der Waals surface area contributed by atoms with E-state index >= 15 is 0 Å². The molecule has 8 heteroatoms. The molecule has 154 valence electrons. The van der Waals surface area contributed by atoms with E-state index in [0.717, 1.165) is 42.9 Å². The minimum atomic E-state index is -0.402. The highest BCUT2D eigenvalue weighted by atomic mass is 32.2. The summed E-state index contributed by atoms with van der Waals surface area (Å²) in [5.74, 6) is 0.435. The quantitative estimate of drug-likeness (QED) is 0.333. The van der Waals surface area contributed by atoms with Crippen LogP contribution in [0.5, 0.6) is 0 Å². The lowest BCUT2D eigenvalue weighted by molar-refractivity contribution is -0.384. The van der Waals surface area contributed by atoms with Crippen LogP contribution in [0.4, 0.5) is 5.69 Å². The van der Waals surface area contributed by atoms with Crippen molar-refractivity contribution in [3.05, 3.63) is 70.4 Å². The first-order valence-electron chi connectivity index (χ1n) is 9.83. The van der Waals surface area contributed by atoms with Gasteiger partial charge in [0.1, 0.15) is 0 Å². The second-order valence-corrected chi connectivity index (χ2v) is 8.22. The predicted molar refractivity (Wildman–Crippen MR) is 117 cm³/mol.